The van der Waals surface area contributed by atoms with Gasteiger partial charge in [0.1, 0.15) is 18.3 Å². The zero-order chi connectivity index (χ0) is 26.3. The smallest absolute Gasteiger partial charge is 0.244 e. The second-order valence-corrected chi connectivity index (χ2v) is 10.8. The number of rotatable bonds is 11. The van der Waals surface area contributed by atoms with Crippen molar-refractivity contribution < 1.29 is 22.7 Å². The number of anilines is 1. The largest absolute Gasteiger partial charge is 0.497 e. The van der Waals surface area contributed by atoms with Gasteiger partial charge in [-0.15, -0.1) is 0 Å². The highest BCUT2D eigenvalue weighted by molar-refractivity contribution is 7.92. The summed E-state index contributed by atoms with van der Waals surface area (Å²) in [5, 5.41) is 2.91. The minimum absolute atomic E-state index is 0.0501. The quantitative estimate of drug-likeness (QED) is 0.507. The monoisotopic (exact) mass is 503 g/mol. The van der Waals surface area contributed by atoms with Gasteiger partial charge in [0.05, 0.1) is 19.1 Å². The van der Waals surface area contributed by atoms with Gasteiger partial charge in [-0.2, -0.15) is 0 Å². The minimum Gasteiger partial charge on any atom is -0.497 e. The van der Waals surface area contributed by atoms with Crippen LogP contribution in [-0.4, -0.2) is 57.1 Å². The van der Waals surface area contributed by atoms with Gasteiger partial charge < -0.3 is 15.0 Å². The van der Waals surface area contributed by atoms with E-state index in [1.165, 1.54) is 4.90 Å². The standard InChI is InChI=1S/C26H37N3O5S/c1-8-20(4)27-26(31)21(5)28(16-22-10-13-24(34-6)14-11-22)25(30)17-29(35(7,32)33)23-12-9-18(2)19(3)15-23/h9-15,20-21H,8,16-17H2,1-7H3,(H,27,31)/t20-,21-/m1/s1. The zero-order valence-electron chi connectivity index (χ0n) is 21.7. The Balaban J connectivity index is 2.40. The first-order chi connectivity index (χ1) is 16.4. The number of ether oxygens (including phenoxy) is 1. The molecule has 1 N–H and O–H groups in total. The molecule has 2 atom stereocenters. The van der Waals surface area contributed by atoms with E-state index in [-0.39, 0.29) is 18.5 Å². The van der Waals surface area contributed by atoms with Crippen LogP contribution in [0.25, 0.3) is 0 Å². The summed E-state index contributed by atoms with van der Waals surface area (Å²) in [7, 11) is -2.19. The summed E-state index contributed by atoms with van der Waals surface area (Å²) in [6.07, 6.45) is 1.82. The minimum atomic E-state index is -3.76. The van der Waals surface area contributed by atoms with Crippen LogP contribution in [-0.2, 0) is 26.2 Å². The van der Waals surface area contributed by atoms with Crippen LogP contribution in [0.4, 0.5) is 5.69 Å². The molecule has 0 aliphatic carbocycles. The summed E-state index contributed by atoms with van der Waals surface area (Å²) >= 11 is 0. The summed E-state index contributed by atoms with van der Waals surface area (Å²) < 4.78 is 31.6. The SMILES string of the molecule is CC[C@@H](C)NC(=O)[C@@H](C)N(Cc1ccc(OC)cc1)C(=O)CN(c1ccc(C)c(C)c1)S(C)(=O)=O. The van der Waals surface area contributed by atoms with Gasteiger partial charge in [0.15, 0.2) is 0 Å². The first-order valence-electron chi connectivity index (χ1n) is 11.6. The third-order valence-electron chi connectivity index (χ3n) is 6.14. The number of benzene rings is 2. The maximum Gasteiger partial charge on any atom is 0.244 e. The number of aryl methyl sites for hydroxylation is 2. The molecule has 0 saturated heterocycles. The maximum atomic E-state index is 13.6. The normalized spacial score (nSPS) is 13.0. The Labute approximate surface area is 209 Å². The van der Waals surface area contributed by atoms with E-state index in [1.54, 1.807) is 38.3 Å². The van der Waals surface area contributed by atoms with Gasteiger partial charge in [-0.25, -0.2) is 8.42 Å². The van der Waals surface area contributed by atoms with Crippen molar-refractivity contribution in [2.24, 2.45) is 0 Å². The number of sulfonamides is 1. The second kappa shape index (κ2) is 12.1. The van der Waals surface area contributed by atoms with E-state index >= 15 is 0 Å². The molecule has 35 heavy (non-hydrogen) atoms. The number of carbonyl (C=O) groups is 2. The summed E-state index contributed by atoms with van der Waals surface area (Å²) in [5.41, 5.74) is 3.13. The average molecular weight is 504 g/mol. The molecule has 9 heteroatoms. The van der Waals surface area contributed by atoms with E-state index in [4.69, 9.17) is 4.74 Å². The maximum absolute atomic E-state index is 13.6. The molecule has 0 bridgehead atoms. The van der Waals surface area contributed by atoms with E-state index in [0.717, 1.165) is 33.7 Å². The van der Waals surface area contributed by atoms with Crippen molar-refractivity contribution in [3.63, 3.8) is 0 Å². The van der Waals surface area contributed by atoms with Crippen molar-refractivity contribution in [2.75, 3.05) is 24.2 Å². The summed E-state index contributed by atoms with van der Waals surface area (Å²) in [6, 6.07) is 11.6. The summed E-state index contributed by atoms with van der Waals surface area (Å²) in [4.78, 5) is 27.9. The average Bonchev–Trinajstić information content (AvgIpc) is 2.81. The topological polar surface area (TPSA) is 96.0 Å². The molecule has 0 unspecified atom stereocenters. The fraction of sp³-hybridized carbons (Fsp3) is 0.462. The molecule has 0 radical (unpaired) electrons. The molecule has 2 rings (SSSR count). The molecule has 2 aromatic rings. The lowest BCUT2D eigenvalue weighted by Crippen LogP contribution is -2.52. The Bertz CT molecular complexity index is 1130. The lowest BCUT2D eigenvalue weighted by molar-refractivity contribution is -0.139. The molecule has 0 aliphatic heterocycles. The molecule has 2 aromatic carbocycles. The number of nitrogens with one attached hydrogen (secondary N) is 1. The molecule has 2 amide bonds. The van der Waals surface area contributed by atoms with E-state index in [0.29, 0.717) is 11.4 Å². The second-order valence-electron chi connectivity index (χ2n) is 8.90. The molecule has 8 nitrogen and oxygen atoms in total. The fourth-order valence-corrected chi connectivity index (χ4v) is 4.31. The van der Waals surface area contributed by atoms with Gasteiger partial charge in [0, 0.05) is 12.6 Å². The number of hydrogen-bond acceptors (Lipinski definition) is 5. The van der Waals surface area contributed by atoms with Crippen LogP contribution in [0.5, 0.6) is 5.75 Å². The number of hydrogen-bond donors (Lipinski definition) is 1. The fourth-order valence-electron chi connectivity index (χ4n) is 3.47. The third kappa shape index (κ3) is 7.71. The van der Waals surface area contributed by atoms with Crippen LogP contribution in [0.3, 0.4) is 0 Å². The van der Waals surface area contributed by atoms with Crippen LogP contribution in [0.15, 0.2) is 42.5 Å². The molecule has 0 spiro atoms. The van der Waals surface area contributed by atoms with Gasteiger partial charge in [-0.3, -0.25) is 13.9 Å². The van der Waals surface area contributed by atoms with Crippen LogP contribution in [0.1, 0.15) is 43.9 Å². The van der Waals surface area contributed by atoms with Gasteiger partial charge in [-0.1, -0.05) is 25.1 Å². The van der Waals surface area contributed by atoms with E-state index in [9.17, 15) is 18.0 Å². The first kappa shape index (κ1) is 28.2. The first-order valence-corrected chi connectivity index (χ1v) is 13.5. The Kier molecular flexibility index (Phi) is 9.71. The van der Waals surface area contributed by atoms with Crippen molar-refractivity contribution in [1.29, 1.82) is 0 Å². The van der Waals surface area contributed by atoms with Gasteiger partial charge in [0.2, 0.25) is 21.8 Å². The van der Waals surface area contributed by atoms with Crippen molar-refractivity contribution in [1.82, 2.24) is 10.2 Å². The Morgan fingerprint density at radius 3 is 2.17 bits per heavy atom. The predicted octanol–water partition coefficient (Wildman–Crippen LogP) is 3.41. The molecule has 0 saturated carbocycles. The van der Waals surface area contributed by atoms with Crippen LogP contribution in [0, 0.1) is 13.8 Å². The Morgan fingerprint density at radius 2 is 1.66 bits per heavy atom. The van der Waals surface area contributed by atoms with Crippen LogP contribution >= 0.6 is 0 Å². The number of nitrogens with zero attached hydrogens (tertiary/aromatic N) is 2. The highest BCUT2D eigenvalue weighted by Gasteiger charge is 2.30. The number of carbonyl (C=O) groups excluding carboxylic acids is 2. The molecule has 0 heterocycles. The molecule has 0 aromatic heterocycles. The lowest BCUT2D eigenvalue weighted by atomic mass is 10.1. The summed E-state index contributed by atoms with van der Waals surface area (Å²) in [6.45, 7) is 9.05. The zero-order valence-corrected chi connectivity index (χ0v) is 22.5. The van der Waals surface area contributed by atoms with Crippen LogP contribution in [0.2, 0.25) is 0 Å². The molecular formula is C26H37N3O5S. The van der Waals surface area contributed by atoms with Gasteiger partial charge >= 0.3 is 0 Å². The molecule has 0 aliphatic rings. The highest BCUT2D eigenvalue weighted by atomic mass is 32.2. The predicted molar refractivity (Wildman–Crippen MR) is 139 cm³/mol. The van der Waals surface area contributed by atoms with Crippen molar-refractivity contribution in [2.45, 2.75) is 59.7 Å². The van der Waals surface area contributed by atoms with Crippen molar-refractivity contribution in [3.8, 4) is 5.75 Å². The van der Waals surface area contributed by atoms with E-state index < -0.39 is 28.5 Å². The number of amides is 2. The lowest BCUT2D eigenvalue weighted by Gasteiger charge is -2.32. The summed E-state index contributed by atoms with van der Waals surface area (Å²) in [5.74, 6) is -0.0956. The van der Waals surface area contributed by atoms with Crippen molar-refractivity contribution >= 4 is 27.5 Å². The molecule has 0 fully saturated rings. The third-order valence-corrected chi connectivity index (χ3v) is 7.28. The van der Waals surface area contributed by atoms with E-state index in [2.05, 4.69) is 5.32 Å². The van der Waals surface area contributed by atoms with Gasteiger partial charge in [0.25, 0.3) is 0 Å². The van der Waals surface area contributed by atoms with E-state index in [1.807, 2.05) is 45.9 Å². The van der Waals surface area contributed by atoms with Crippen LogP contribution < -0.4 is 14.4 Å². The van der Waals surface area contributed by atoms with Crippen molar-refractivity contribution in [3.05, 3.63) is 59.2 Å². The number of methoxy groups -OCH3 is 1. The highest BCUT2D eigenvalue weighted by Crippen LogP contribution is 2.22. The molecular weight excluding hydrogens is 466 g/mol. The molecule has 192 valence electrons. The Morgan fingerprint density at radius 1 is 1.03 bits per heavy atom. The Hall–Kier alpha value is -3.07. The van der Waals surface area contributed by atoms with Gasteiger partial charge in [-0.05, 0) is 75.1 Å².